The van der Waals surface area contributed by atoms with Gasteiger partial charge < -0.3 is 10.1 Å². The van der Waals surface area contributed by atoms with E-state index in [1.807, 2.05) is 0 Å². The average Bonchev–Trinajstić information content (AvgIpc) is 2.40. The first-order valence-corrected chi connectivity index (χ1v) is 7.24. The van der Waals surface area contributed by atoms with Gasteiger partial charge in [-0.1, -0.05) is 24.6 Å². The molecule has 2 rings (SSSR count). The van der Waals surface area contributed by atoms with Gasteiger partial charge >= 0.3 is 0 Å². The van der Waals surface area contributed by atoms with Gasteiger partial charge in [0.15, 0.2) is 0 Å². The number of benzene rings is 1. The molecule has 1 aliphatic rings. The van der Waals surface area contributed by atoms with Gasteiger partial charge in [0.2, 0.25) is 0 Å². The molecule has 0 aromatic heterocycles. The summed E-state index contributed by atoms with van der Waals surface area (Å²) in [4.78, 5) is 0. The zero-order valence-electron chi connectivity index (χ0n) is 11.6. The van der Waals surface area contributed by atoms with Gasteiger partial charge in [0.25, 0.3) is 0 Å². The molecule has 18 heavy (non-hydrogen) atoms. The summed E-state index contributed by atoms with van der Waals surface area (Å²) >= 11 is 0. The van der Waals surface area contributed by atoms with Crippen molar-refractivity contribution in [3.63, 3.8) is 0 Å². The first-order valence-electron chi connectivity index (χ1n) is 7.24. The Labute approximate surface area is 111 Å². The van der Waals surface area contributed by atoms with Crippen molar-refractivity contribution in [3.05, 3.63) is 29.8 Å². The van der Waals surface area contributed by atoms with Crippen LogP contribution in [0.2, 0.25) is 0 Å². The third kappa shape index (κ3) is 4.02. The van der Waals surface area contributed by atoms with Gasteiger partial charge in [-0.3, -0.25) is 0 Å². The molecule has 2 nitrogen and oxygen atoms in total. The fourth-order valence-electron chi connectivity index (χ4n) is 2.60. The third-order valence-electron chi connectivity index (χ3n) is 3.63. The van der Waals surface area contributed by atoms with Gasteiger partial charge in [0.1, 0.15) is 11.9 Å². The smallest absolute Gasteiger partial charge is 0.119 e. The van der Waals surface area contributed by atoms with Crippen LogP contribution in [0.3, 0.4) is 0 Å². The average molecular weight is 247 g/mol. The maximum atomic E-state index is 6.08. The molecule has 0 saturated heterocycles. The molecule has 1 aliphatic carbocycles. The summed E-state index contributed by atoms with van der Waals surface area (Å²) in [5, 5.41) is 3.62. The van der Waals surface area contributed by atoms with Crippen molar-refractivity contribution in [2.75, 3.05) is 6.54 Å². The molecule has 0 bridgehead atoms. The predicted octanol–water partition coefficient (Wildman–Crippen LogP) is 3.68. The second kappa shape index (κ2) is 6.79. The van der Waals surface area contributed by atoms with Crippen LogP contribution in [0.4, 0.5) is 0 Å². The summed E-state index contributed by atoms with van der Waals surface area (Å²) in [6.07, 6.45) is 6.51. The van der Waals surface area contributed by atoms with Crippen LogP contribution in [0.5, 0.6) is 5.75 Å². The van der Waals surface area contributed by atoms with Gasteiger partial charge in [-0.2, -0.15) is 0 Å². The van der Waals surface area contributed by atoms with E-state index in [4.69, 9.17) is 4.74 Å². The van der Waals surface area contributed by atoms with Gasteiger partial charge in [0, 0.05) is 6.04 Å². The highest BCUT2D eigenvalue weighted by Gasteiger charge is 2.22. The lowest BCUT2D eigenvalue weighted by atomic mass is 9.92. The Balaban J connectivity index is 1.83. The molecule has 2 heteroatoms. The molecule has 0 heterocycles. The molecule has 1 N–H and O–H groups in total. The molecular weight excluding hydrogens is 222 g/mol. The first-order chi connectivity index (χ1) is 8.78. The number of ether oxygens (including phenoxy) is 1. The zero-order chi connectivity index (χ0) is 12.8. The molecule has 0 amide bonds. The second-order valence-corrected chi connectivity index (χ2v) is 5.37. The maximum absolute atomic E-state index is 6.08. The molecule has 2 atom stereocenters. The van der Waals surface area contributed by atoms with Crippen molar-refractivity contribution in [1.82, 2.24) is 5.32 Å². The summed E-state index contributed by atoms with van der Waals surface area (Å²) in [5.74, 6) is 1.02. The zero-order valence-corrected chi connectivity index (χ0v) is 11.6. The van der Waals surface area contributed by atoms with Crippen molar-refractivity contribution in [3.8, 4) is 5.75 Å². The molecule has 0 spiro atoms. The Morgan fingerprint density at radius 1 is 1.22 bits per heavy atom. The molecule has 1 saturated carbocycles. The summed E-state index contributed by atoms with van der Waals surface area (Å²) in [7, 11) is 0. The van der Waals surface area contributed by atoms with E-state index in [-0.39, 0.29) is 0 Å². The normalized spacial score (nSPS) is 23.9. The Morgan fingerprint density at radius 3 is 2.72 bits per heavy atom. The SMILES string of the molecule is CCCNC1CCCC(Oc2ccc(C)cc2)C1. The predicted molar refractivity (Wildman–Crippen MR) is 76.1 cm³/mol. The summed E-state index contributed by atoms with van der Waals surface area (Å²) < 4.78 is 6.08. The molecule has 1 aromatic rings. The Kier molecular flexibility index (Phi) is 5.06. The number of hydrogen-bond donors (Lipinski definition) is 1. The molecule has 0 radical (unpaired) electrons. The second-order valence-electron chi connectivity index (χ2n) is 5.37. The topological polar surface area (TPSA) is 21.3 Å². The van der Waals surface area contributed by atoms with E-state index in [1.165, 1.54) is 31.2 Å². The lowest BCUT2D eigenvalue weighted by Crippen LogP contribution is -2.38. The third-order valence-corrected chi connectivity index (χ3v) is 3.63. The summed E-state index contributed by atoms with van der Waals surface area (Å²) in [6, 6.07) is 9.04. The lowest BCUT2D eigenvalue weighted by molar-refractivity contribution is 0.135. The number of hydrogen-bond acceptors (Lipinski definition) is 2. The van der Waals surface area contributed by atoms with Gasteiger partial charge in [-0.25, -0.2) is 0 Å². The van der Waals surface area contributed by atoms with Gasteiger partial charge in [-0.15, -0.1) is 0 Å². The van der Waals surface area contributed by atoms with Crippen LogP contribution in [0, 0.1) is 6.92 Å². The minimum absolute atomic E-state index is 0.385. The van der Waals surface area contributed by atoms with Crippen LogP contribution in [0.1, 0.15) is 44.6 Å². The van der Waals surface area contributed by atoms with Crippen LogP contribution in [-0.2, 0) is 0 Å². The fourth-order valence-corrected chi connectivity index (χ4v) is 2.60. The minimum Gasteiger partial charge on any atom is -0.490 e. The van der Waals surface area contributed by atoms with Crippen LogP contribution in [0.15, 0.2) is 24.3 Å². The lowest BCUT2D eigenvalue weighted by Gasteiger charge is -2.30. The van der Waals surface area contributed by atoms with Crippen molar-refractivity contribution in [1.29, 1.82) is 0 Å². The van der Waals surface area contributed by atoms with Crippen molar-refractivity contribution >= 4 is 0 Å². The van der Waals surface area contributed by atoms with E-state index in [2.05, 4.69) is 43.4 Å². The van der Waals surface area contributed by atoms with Crippen LogP contribution >= 0.6 is 0 Å². The van der Waals surface area contributed by atoms with E-state index in [0.717, 1.165) is 18.7 Å². The molecule has 1 fully saturated rings. The van der Waals surface area contributed by atoms with Crippen LogP contribution in [-0.4, -0.2) is 18.7 Å². The van der Waals surface area contributed by atoms with Gasteiger partial charge in [-0.05, 0) is 57.7 Å². The fraction of sp³-hybridized carbons (Fsp3) is 0.625. The Bertz CT molecular complexity index is 347. The van der Waals surface area contributed by atoms with Crippen molar-refractivity contribution < 1.29 is 4.74 Å². The van der Waals surface area contributed by atoms with Crippen molar-refractivity contribution in [2.24, 2.45) is 0 Å². The number of aryl methyl sites for hydroxylation is 1. The molecule has 100 valence electrons. The number of rotatable bonds is 5. The maximum Gasteiger partial charge on any atom is 0.119 e. The number of nitrogens with one attached hydrogen (secondary N) is 1. The minimum atomic E-state index is 0.385. The summed E-state index contributed by atoms with van der Waals surface area (Å²) in [6.45, 7) is 5.45. The van der Waals surface area contributed by atoms with E-state index in [0.29, 0.717) is 12.1 Å². The van der Waals surface area contributed by atoms with E-state index >= 15 is 0 Å². The van der Waals surface area contributed by atoms with Gasteiger partial charge in [0.05, 0.1) is 0 Å². The monoisotopic (exact) mass is 247 g/mol. The largest absolute Gasteiger partial charge is 0.490 e. The van der Waals surface area contributed by atoms with E-state index in [1.54, 1.807) is 0 Å². The highest BCUT2D eigenvalue weighted by Crippen LogP contribution is 2.24. The molecular formula is C16H25NO. The van der Waals surface area contributed by atoms with Crippen LogP contribution < -0.4 is 10.1 Å². The highest BCUT2D eigenvalue weighted by molar-refractivity contribution is 5.26. The first kappa shape index (κ1) is 13.4. The highest BCUT2D eigenvalue weighted by atomic mass is 16.5. The Morgan fingerprint density at radius 2 is 2.00 bits per heavy atom. The molecule has 0 aliphatic heterocycles. The van der Waals surface area contributed by atoms with Crippen molar-refractivity contribution in [2.45, 2.75) is 58.1 Å². The molecule has 1 aromatic carbocycles. The Hall–Kier alpha value is -1.02. The van der Waals surface area contributed by atoms with E-state index in [9.17, 15) is 0 Å². The summed E-state index contributed by atoms with van der Waals surface area (Å²) in [5.41, 5.74) is 1.29. The quantitative estimate of drug-likeness (QED) is 0.857. The van der Waals surface area contributed by atoms with E-state index < -0.39 is 0 Å². The standard InChI is InChI=1S/C16H25NO/c1-3-11-17-14-5-4-6-16(12-14)18-15-9-7-13(2)8-10-15/h7-10,14,16-17H,3-6,11-12H2,1-2H3. The molecule has 2 unspecified atom stereocenters. The van der Waals surface area contributed by atoms with Crippen LogP contribution in [0.25, 0.3) is 0 Å².